The Morgan fingerprint density at radius 3 is 2.17 bits per heavy atom. The van der Waals surface area contributed by atoms with Crippen molar-refractivity contribution in [2.75, 3.05) is 0 Å². The SMILES string of the molecule is CC1=C/C(=N\OS(=O)(=O)c2ccc(C(C)C)cc2)C(C)=CC1=O. The number of carbonyl (C=O) groups is 1. The van der Waals surface area contributed by atoms with Crippen LogP contribution in [0.1, 0.15) is 39.2 Å². The zero-order valence-electron chi connectivity index (χ0n) is 13.5. The summed E-state index contributed by atoms with van der Waals surface area (Å²) in [5, 5.41) is 3.69. The van der Waals surface area contributed by atoms with E-state index in [1.54, 1.807) is 26.0 Å². The maximum atomic E-state index is 12.2. The molecule has 6 heteroatoms. The lowest BCUT2D eigenvalue weighted by atomic mass is 9.99. The van der Waals surface area contributed by atoms with E-state index < -0.39 is 10.1 Å². The summed E-state index contributed by atoms with van der Waals surface area (Å²) in [4.78, 5) is 11.5. The van der Waals surface area contributed by atoms with E-state index in [0.717, 1.165) is 5.56 Å². The minimum Gasteiger partial charge on any atom is -0.290 e. The number of hydrogen-bond donors (Lipinski definition) is 0. The highest BCUT2D eigenvalue weighted by Crippen LogP contribution is 2.19. The lowest BCUT2D eigenvalue weighted by molar-refractivity contribution is -0.111. The van der Waals surface area contributed by atoms with Crippen LogP contribution in [0.3, 0.4) is 0 Å². The highest BCUT2D eigenvalue weighted by molar-refractivity contribution is 7.86. The van der Waals surface area contributed by atoms with Crippen molar-refractivity contribution >= 4 is 21.6 Å². The predicted molar refractivity (Wildman–Crippen MR) is 88.8 cm³/mol. The number of rotatable bonds is 4. The highest BCUT2D eigenvalue weighted by atomic mass is 32.2. The van der Waals surface area contributed by atoms with Gasteiger partial charge in [-0.1, -0.05) is 31.1 Å². The van der Waals surface area contributed by atoms with Crippen molar-refractivity contribution in [1.29, 1.82) is 0 Å². The van der Waals surface area contributed by atoms with Gasteiger partial charge >= 0.3 is 10.1 Å². The van der Waals surface area contributed by atoms with Crippen LogP contribution in [0, 0.1) is 0 Å². The number of benzene rings is 1. The molecular formula is C17H19NO4S. The topological polar surface area (TPSA) is 72.8 Å². The van der Waals surface area contributed by atoms with Gasteiger partial charge in [-0.2, -0.15) is 8.42 Å². The largest absolute Gasteiger partial charge is 0.358 e. The summed E-state index contributed by atoms with van der Waals surface area (Å²) in [7, 11) is -3.99. The fourth-order valence-electron chi connectivity index (χ4n) is 2.02. The Kier molecular flexibility index (Phi) is 4.85. The standard InChI is InChI=1S/C17H19NO4S/c1-11(2)14-5-7-15(8-6-14)23(20,21)22-18-16-9-13(4)17(19)10-12(16)3/h5-11H,1-4H3/b18-16+. The van der Waals surface area contributed by atoms with Crippen molar-refractivity contribution in [3.8, 4) is 0 Å². The molecule has 122 valence electrons. The first-order chi connectivity index (χ1) is 10.7. The molecule has 0 aromatic heterocycles. The summed E-state index contributed by atoms with van der Waals surface area (Å²) in [6.45, 7) is 7.37. The molecular weight excluding hydrogens is 314 g/mol. The number of hydrogen-bond acceptors (Lipinski definition) is 5. The van der Waals surface area contributed by atoms with Gasteiger partial charge in [-0.3, -0.25) is 9.08 Å². The first-order valence-electron chi connectivity index (χ1n) is 7.23. The van der Waals surface area contributed by atoms with E-state index >= 15 is 0 Å². The van der Waals surface area contributed by atoms with Crippen LogP contribution < -0.4 is 0 Å². The zero-order valence-corrected chi connectivity index (χ0v) is 14.3. The van der Waals surface area contributed by atoms with Crippen molar-refractivity contribution in [1.82, 2.24) is 0 Å². The maximum absolute atomic E-state index is 12.2. The average molecular weight is 333 g/mol. The molecule has 0 bridgehead atoms. The average Bonchev–Trinajstić information content (AvgIpc) is 2.49. The van der Waals surface area contributed by atoms with Gasteiger partial charge in [0.05, 0.1) is 0 Å². The molecule has 0 spiro atoms. The quantitative estimate of drug-likeness (QED) is 0.626. The maximum Gasteiger partial charge on any atom is 0.358 e. The van der Waals surface area contributed by atoms with Crippen LogP contribution in [-0.4, -0.2) is 19.9 Å². The molecule has 1 aliphatic carbocycles. The van der Waals surface area contributed by atoms with Crippen LogP contribution in [0.5, 0.6) is 0 Å². The monoisotopic (exact) mass is 333 g/mol. The van der Waals surface area contributed by atoms with E-state index in [1.165, 1.54) is 24.3 Å². The Morgan fingerprint density at radius 2 is 1.61 bits per heavy atom. The Labute approximate surface area is 136 Å². The molecule has 0 amide bonds. The Morgan fingerprint density at radius 1 is 1.00 bits per heavy atom. The molecule has 1 aromatic carbocycles. The molecule has 0 unspecified atom stereocenters. The van der Waals surface area contributed by atoms with Gasteiger partial charge < -0.3 is 0 Å². The van der Waals surface area contributed by atoms with Crippen molar-refractivity contribution < 1.29 is 17.5 Å². The van der Waals surface area contributed by atoms with Crippen LogP contribution >= 0.6 is 0 Å². The number of nitrogens with zero attached hydrogens (tertiary/aromatic N) is 1. The lowest BCUT2D eigenvalue weighted by Crippen LogP contribution is -2.12. The fourth-order valence-corrected chi connectivity index (χ4v) is 2.76. The van der Waals surface area contributed by atoms with Crippen LogP contribution in [0.25, 0.3) is 0 Å². The van der Waals surface area contributed by atoms with Crippen LogP contribution in [0.4, 0.5) is 0 Å². The van der Waals surface area contributed by atoms with Gasteiger partial charge in [0.25, 0.3) is 0 Å². The molecule has 1 aromatic rings. The summed E-state index contributed by atoms with van der Waals surface area (Å²) in [5.41, 5.74) is 2.41. The summed E-state index contributed by atoms with van der Waals surface area (Å²) in [6.07, 6.45) is 2.91. The number of oxime groups is 1. The molecule has 1 aliphatic rings. The van der Waals surface area contributed by atoms with Crippen molar-refractivity contribution in [3.05, 3.63) is 53.1 Å². The highest BCUT2D eigenvalue weighted by Gasteiger charge is 2.18. The lowest BCUT2D eigenvalue weighted by Gasteiger charge is -2.09. The molecule has 0 saturated carbocycles. The third-order valence-electron chi connectivity index (χ3n) is 3.56. The van der Waals surface area contributed by atoms with E-state index in [1.807, 2.05) is 13.8 Å². The molecule has 0 heterocycles. The number of ketones is 1. The third-order valence-corrected chi connectivity index (χ3v) is 4.68. The van der Waals surface area contributed by atoms with E-state index in [9.17, 15) is 13.2 Å². The first-order valence-corrected chi connectivity index (χ1v) is 8.64. The second kappa shape index (κ2) is 6.50. The van der Waals surface area contributed by atoms with Crippen LogP contribution in [-0.2, 0) is 19.2 Å². The summed E-state index contributed by atoms with van der Waals surface area (Å²) in [5.74, 6) is 0.196. The smallest absolute Gasteiger partial charge is 0.290 e. The summed E-state index contributed by atoms with van der Waals surface area (Å²) >= 11 is 0. The van der Waals surface area contributed by atoms with Crippen molar-refractivity contribution in [3.63, 3.8) is 0 Å². The van der Waals surface area contributed by atoms with Gasteiger partial charge in [-0.05, 0) is 60.8 Å². The normalized spacial score (nSPS) is 17.3. The zero-order chi connectivity index (χ0) is 17.2. The third kappa shape index (κ3) is 3.96. The minimum atomic E-state index is -3.99. The van der Waals surface area contributed by atoms with Gasteiger partial charge in [0.2, 0.25) is 0 Å². The predicted octanol–water partition coefficient (Wildman–Crippen LogP) is 3.35. The fraction of sp³-hybridized carbons (Fsp3) is 0.294. The molecule has 0 fully saturated rings. The summed E-state index contributed by atoms with van der Waals surface area (Å²) < 4.78 is 29.1. The second-order valence-electron chi connectivity index (χ2n) is 5.75. The molecule has 0 radical (unpaired) electrons. The van der Waals surface area contributed by atoms with Gasteiger partial charge in [0, 0.05) is 0 Å². The number of allylic oxidation sites excluding steroid dienone is 4. The van der Waals surface area contributed by atoms with Crippen molar-refractivity contribution in [2.45, 2.75) is 38.5 Å². The van der Waals surface area contributed by atoms with E-state index in [4.69, 9.17) is 4.28 Å². The second-order valence-corrected chi connectivity index (χ2v) is 7.28. The van der Waals surface area contributed by atoms with Gasteiger partial charge in [0.1, 0.15) is 10.6 Å². The van der Waals surface area contributed by atoms with Gasteiger partial charge in [-0.15, -0.1) is 0 Å². The Bertz CT molecular complexity index is 813. The molecule has 0 aliphatic heterocycles. The van der Waals surface area contributed by atoms with Crippen LogP contribution in [0.2, 0.25) is 0 Å². The molecule has 23 heavy (non-hydrogen) atoms. The molecule has 2 rings (SSSR count). The first kappa shape index (κ1) is 17.1. The minimum absolute atomic E-state index is 0.0421. The molecule has 5 nitrogen and oxygen atoms in total. The molecule has 0 N–H and O–H groups in total. The Hall–Kier alpha value is -2.21. The van der Waals surface area contributed by atoms with E-state index in [2.05, 4.69) is 5.16 Å². The molecule has 0 saturated heterocycles. The van der Waals surface area contributed by atoms with Gasteiger partial charge in [0.15, 0.2) is 5.78 Å². The van der Waals surface area contributed by atoms with E-state index in [-0.39, 0.29) is 10.7 Å². The van der Waals surface area contributed by atoms with Gasteiger partial charge in [-0.25, -0.2) is 0 Å². The number of carbonyl (C=O) groups excluding carboxylic acids is 1. The molecule has 0 atom stereocenters. The Balaban J connectivity index is 2.23. The van der Waals surface area contributed by atoms with Crippen LogP contribution in [0.15, 0.2) is 57.6 Å². The van der Waals surface area contributed by atoms with Crippen molar-refractivity contribution in [2.24, 2.45) is 5.16 Å². The summed E-state index contributed by atoms with van der Waals surface area (Å²) in [6, 6.07) is 6.50. The van der Waals surface area contributed by atoms with E-state index in [0.29, 0.717) is 22.8 Å².